The van der Waals surface area contributed by atoms with E-state index in [4.69, 9.17) is 5.26 Å². The summed E-state index contributed by atoms with van der Waals surface area (Å²) in [6, 6.07) is 7.20. The van der Waals surface area contributed by atoms with Crippen molar-refractivity contribution in [3.63, 3.8) is 0 Å². The maximum atomic E-state index is 11.0. The first-order valence-corrected chi connectivity index (χ1v) is 5.45. The quantitative estimate of drug-likeness (QED) is 0.809. The zero-order valence-electron chi connectivity index (χ0n) is 10.7. The second-order valence-corrected chi connectivity index (χ2v) is 3.43. The first-order chi connectivity index (χ1) is 8.10. The van der Waals surface area contributed by atoms with Crippen molar-refractivity contribution in [3.8, 4) is 6.07 Å². The topological polar surface area (TPSA) is 62.1 Å². The summed E-state index contributed by atoms with van der Waals surface area (Å²) in [6.45, 7) is 6.06. The fraction of sp³-hybridized carbons (Fsp3) is 0.385. The molecule has 1 aromatic rings. The highest BCUT2D eigenvalue weighted by Gasteiger charge is 2.08. The maximum Gasteiger partial charge on any atom is 0.411 e. The van der Waals surface area contributed by atoms with Gasteiger partial charge in [0.05, 0.1) is 18.4 Å². The molecule has 4 heteroatoms. The van der Waals surface area contributed by atoms with Gasteiger partial charge < -0.3 is 4.74 Å². The number of ether oxygens (including phenoxy) is 1. The number of amides is 1. The molecule has 0 radical (unpaired) electrons. The van der Waals surface area contributed by atoms with Crippen LogP contribution in [0.4, 0.5) is 10.5 Å². The van der Waals surface area contributed by atoms with E-state index in [1.54, 1.807) is 12.1 Å². The van der Waals surface area contributed by atoms with Crippen molar-refractivity contribution in [1.82, 2.24) is 0 Å². The van der Waals surface area contributed by atoms with E-state index in [9.17, 15) is 4.79 Å². The number of hydrogen-bond acceptors (Lipinski definition) is 3. The van der Waals surface area contributed by atoms with Gasteiger partial charge in [0.2, 0.25) is 0 Å². The van der Waals surface area contributed by atoms with Crippen molar-refractivity contribution < 1.29 is 9.53 Å². The molecule has 1 rings (SSSR count). The van der Waals surface area contributed by atoms with Crippen LogP contribution in [-0.2, 0) is 4.74 Å². The van der Waals surface area contributed by atoms with Crippen LogP contribution >= 0.6 is 0 Å². The van der Waals surface area contributed by atoms with Crippen molar-refractivity contribution in [2.24, 2.45) is 0 Å². The molecule has 17 heavy (non-hydrogen) atoms. The average molecular weight is 234 g/mol. The van der Waals surface area contributed by atoms with Crippen LogP contribution in [0, 0.1) is 18.3 Å². The third-order valence-corrected chi connectivity index (χ3v) is 1.81. The van der Waals surface area contributed by atoms with Gasteiger partial charge in [-0.2, -0.15) is 5.26 Å². The minimum atomic E-state index is -0.573. The van der Waals surface area contributed by atoms with Crippen molar-refractivity contribution in [1.29, 1.82) is 5.26 Å². The number of aryl methyl sites for hydroxylation is 1. The van der Waals surface area contributed by atoms with Crippen LogP contribution < -0.4 is 5.32 Å². The van der Waals surface area contributed by atoms with Crippen LogP contribution in [0.2, 0.25) is 0 Å². The number of nitrogens with zero attached hydrogens (tertiary/aromatic N) is 1. The average Bonchev–Trinajstić information content (AvgIpc) is 2.32. The number of nitriles is 1. The summed E-state index contributed by atoms with van der Waals surface area (Å²) in [5.41, 5.74) is 1.76. The Labute approximate surface area is 102 Å². The van der Waals surface area contributed by atoms with Crippen LogP contribution in [0.25, 0.3) is 0 Å². The summed E-state index contributed by atoms with van der Waals surface area (Å²) < 4.78 is 4.45. The van der Waals surface area contributed by atoms with Crippen LogP contribution in [-0.4, -0.2) is 13.2 Å². The Kier molecular flexibility index (Phi) is 7.20. The Bertz CT molecular complexity index is 408. The number of carbonyl (C=O) groups is 1. The molecule has 0 fully saturated rings. The molecule has 0 heterocycles. The third-order valence-electron chi connectivity index (χ3n) is 1.81. The number of anilines is 1. The molecule has 0 aliphatic carbocycles. The molecular weight excluding hydrogens is 216 g/mol. The summed E-state index contributed by atoms with van der Waals surface area (Å²) in [7, 11) is 1.28. The monoisotopic (exact) mass is 234 g/mol. The number of carbonyl (C=O) groups excluding carboxylic acids is 1. The molecule has 1 N–H and O–H groups in total. The van der Waals surface area contributed by atoms with Crippen LogP contribution in [0.5, 0.6) is 0 Å². The van der Waals surface area contributed by atoms with Gasteiger partial charge in [-0.05, 0) is 18.6 Å². The Hall–Kier alpha value is -2.02. The van der Waals surface area contributed by atoms with Crippen LogP contribution in [0.1, 0.15) is 31.4 Å². The van der Waals surface area contributed by atoms with Gasteiger partial charge in [-0.15, -0.1) is 0 Å². The zero-order chi connectivity index (χ0) is 13.3. The van der Waals surface area contributed by atoms with Crippen molar-refractivity contribution in [2.75, 3.05) is 12.4 Å². The Balaban J connectivity index is 0.000000770. The van der Waals surface area contributed by atoms with Crippen molar-refractivity contribution in [2.45, 2.75) is 27.2 Å². The van der Waals surface area contributed by atoms with Gasteiger partial charge in [0.15, 0.2) is 0 Å². The van der Waals surface area contributed by atoms with E-state index in [-0.39, 0.29) is 0 Å². The number of methoxy groups -OCH3 is 1. The zero-order valence-corrected chi connectivity index (χ0v) is 10.7. The van der Waals surface area contributed by atoms with E-state index in [1.807, 2.05) is 19.1 Å². The highest BCUT2D eigenvalue weighted by molar-refractivity contribution is 5.87. The van der Waals surface area contributed by atoms with Gasteiger partial charge in [-0.25, -0.2) is 4.79 Å². The van der Waals surface area contributed by atoms with Crippen LogP contribution in [0.15, 0.2) is 18.2 Å². The minimum absolute atomic E-state index is 0.426. The molecule has 1 amide bonds. The molecule has 0 aliphatic heterocycles. The smallest absolute Gasteiger partial charge is 0.411 e. The van der Waals surface area contributed by atoms with Crippen molar-refractivity contribution in [3.05, 3.63) is 29.3 Å². The third kappa shape index (κ3) is 5.03. The molecule has 0 spiro atoms. The Morgan fingerprint density at radius 3 is 2.53 bits per heavy atom. The molecule has 0 aromatic heterocycles. The standard InChI is InChI=1S/C10H10N2O2.C3H8/c1-7-4-3-5-8(6-11)9(7)12-10(13)14-2;1-3-2/h3-5H,1-2H3,(H,12,13);3H2,1-2H3. The maximum absolute atomic E-state index is 11.0. The number of benzene rings is 1. The number of nitrogens with one attached hydrogen (secondary N) is 1. The summed E-state index contributed by atoms with van der Waals surface area (Å²) >= 11 is 0. The summed E-state index contributed by atoms with van der Waals surface area (Å²) in [5.74, 6) is 0. The van der Waals surface area contributed by atoms with E-state index >= 15 is 0 Å². The molecular formula is C13H18N2O2. The van der Waals surface area contributed by atoms with Gasteiger partial charge in [-0.3, -0.25) is 5.32 Å². The van der Waals surface area contributed by atoms with Gasteiger partial charge in [-0.1, -0.05) is 32.4 Å². The Morgan fingerprint density at radius 1 is 1.47 bits per heavy atom. The van der Waals surface area contributed by atoms with E-state index in [2.05, 4.69) is 23.9 Å². The lowest BCUT2D eigenvalue weighted by Gasteiger charge is -2.08. The SMILES string of the molecule is CCC.COC(=O)Nc1c(C)cccc1C#N. The minimum Gasteiger partial charge on any atom is -0.453 e. The lowest BCUT2D eigenvalue weighted by Crippen LogP contribution is -2.13. The van der Waals surface area contributed by atoms with Gasteiger partial charge in [0, 0.05) is 0 Å². The molecule has 0 unspecified atom stereocenters. The lowest BCUT2D eigenvalue weighted by molar-refractivity contribution is 0.187. The molecule has 1 aromatic carbocycles. The van der Waals surface area contributed by atoms with Crippen LogP contribution in [0.3, 0.4) is 0 Å². The normalized spacial score (nSPS) is 8.41. The second-order valence-electron chi connectivity index (χ2n) is 3.43. The number of para-hydroxylation sites is 1. The second kappa shape index (κ2) is 8.17. The first kappa shape index (κ1) is 15.0. The molecule has 0 aliphatic rings. The fourth-order valence-corrected chi connectivity index (χ4v) is 1.08. The van der Waals surface area contributed by atoms with Crippen molar-refractivity contribution >= 4 is 11.8 Å². The summed E-state index contributed by atoms with van der Waals surface area (Å²) in [6.07, 6.45) is 0.677. The largest absolute Gasteiger partial charge is 0.453 e. The van der Waals surface area contributed by atoms with E-state index < -0.39 is 6.09 Å². The summed E-state index contributed by atoms with van der Waals surface area (Å²) in [4.78, 5) is 11.0. The molecule has 0 atom stereocenters. The molecule has 0 bridgehead atoms. The fourth-order valence-electron chi connectivity index (χ4n) is 1.08. The number of rotatable bonds is 1. The first-order valence-electron chi connectivity index (χ1n) is 5.45. The highest BCUT2D eigenvalue weighted by atomic mass is 16.5. The van der Waals surface area contributed by atoms with Gasteiger partial charge >= 0.3 is 6.09 Å². The van der Waals surface area contributed by atoms with E-state index in [0.29, 0.717) is 11.3 Å². The predicted molar refractivity (Wildman–Crippen MR) is 67.9 cm³/mol. The summed E-state index contributed by atoms with van der Waals surface area (Å²) in [5, 5.41) is 11.3. The predicted octanol–water partition coefficient (Wildman–Crippen LogP) is 3.46. The molecule has 4 nitrogen and oxygen atoms in total. The molecule has 0 saturated heterocycles. The highest BCUT2D eigenvalue weighted by Crippen LogP contribution is 2.19. The molecule has 0 saturated carbocycles. The van der Waals surface area contributed by atoms with Gasteiger partial charge in [0.25, 0.3) is 0 Å². The molecule has 92 valence electrons. The Morgan fingerprint density at radius 2 is 2.06 bits per heavy atom. The van der Waals surface area contributed by atoms with Gasteiger partial charge in [0.1, 0.15) is 6.07 Å². The number of hydrogen-bond donors (Lipinski definition) is 1. The van der Waals surface area contributed by atoms with E-state index in [0.717, 1.165) is 5.56 Å². The van der Waals surface area contributed by atoms with E-state index in [1.165, 1.54) is 13.5 Å². The lowest BCUT2D eigenvalue weighted by atomic mass is 10.1.